The van der Waals surface area contributed by atoms with Gasteiger partial charge in [-0.3, -0.25) is 10.1 Å². The van der Waals surface area contributed by atoms with Crippen LogP contribution in [-0.4, -0.2) is 45.1 Å². The number of carbonyl (C=O) groups is 2. The van der Waals surface area contributed by atoms with Crippen molar-refractivity contribution < 1.29 is 14.7 Å². The van der Waals surface area contributed by atoms with E-state index in [-0.39, 0.29) is 12.5 Å². The van der Waals surface area contributed by atoms with E-state index in [0.717, 1.165) is 12.8 Å². The second kappa shape index (κ2) is 6.83. The van der Waals surface area contributed by atoms with Gasteiger partial charge >= 0.3 is 12.0 Å². The molecule has 2 heterocycles. The van der Waals surface area contributed by atoms with E-state index in [1.54, 1.807) is 23.4 Å². The first-order chi connectivity index (χ1) is 9.65. The van der Waals surface area contributed by atoms with E-state index in [1.165, 1.54) is 0 Å². The minimum atomic E-state index is -0.758. The fourth-order valence-corrected chi connectivity index (χ4v) is 2.29. The Hall–Kier alpha value is -2.18. The third kappa shape index (κ3) is 4.18. The Balaban J connectivity index is 1.76. The van der Waals surface area contributed by atoms with Crippen molar-refractivity contribution in [3.8, 4) is 0 Å². The summed E-state index contributed by atoms with van der Waals surface area (Å²) in [7, 11) is 0. The molecule has 1 aromatic heterocycles. The molecule has 0 saturated carbocycles. The summed E-state index contributed by atoms with van der Waals surface area (Å²) < 4.78 is 0. The van der Waals surface area contributed by atoms with E-state index in [0.29, 0.717) is 31.4 Å². The first kappa shape index (κ1) is 14.2. The first-order valence-electron chi connectivity index (χ1n) is 6.70. The van der Waals surface area contributed by atoms with Crippen molar-refractivity contribution in [1.82, 2.24) is 14.9 Å². The van der Waals surface area contributed by atoms with Gasteiger partial charge in [-0.2, -0.15) is 0 Å². The number of amides is 2. The molecule has 0 aromatic carbocycles. The highest BCUT2D eigenvalue weighted by Crippen LogP contribution is 2.22. The lowest BCUT2D eigenvalue weighted by molar-refractivity contribution is -0.137. The lowest BCUT2D eigenvalue weighted by Crippen LogP contribution is -2.41. The van der Waals surface area contributed by atoms with Gasteiger partial charge in [0.25, 0.3) is 0 Å². The Labute approximate surface area is 117 Å². The van der Waals surface area contributed by atoms with Gasteiger partial charge in [0.15, 0.2) is 0 Å². The summed E-state index contributed by atoms with van der Waals surface area (Å²) in [6.45, 7) is 1.28. The molecular formula is C13H18N4O3. The second-order valence-electron chi connectivity index (χ2n) is 4.87. The average Bonchev–Trinajstić information content (AvgIpc) is 2.46. The van der Waals surface area contributed by atoms with Gasteiger partial charge in [0.05, 0.1) is 0 Å². The molecule has 1 aliphatic rings. The molecule has 0 radical (unpaired) electrons. The highest BCUT2D eigenvalue weighted by molar-refractivity contribution is 5.87. The van der Waals surface area contributed by atoms with Crippen LogP contribution in [0.2, 0.25) is 0 Å². The number of anilines is 1. The predicted molar refractivity (Wildman–Crippen MR) is 72.2 cm³/mol. The van der Waals surface area contributed by atoms with Crippen LogP contribution in [-0.2, 0) is 4.79 Å². The van der Waals surface area contributed by atoms with Crippen LogP contribution in [0.5, 0.6) is 0 Å². The molecular weight excluding hydrogens is 260 g/mol. The molecule has 0 aliphatic carbocycles. The molecule has 20 heavy (non-hydrogen) atoms. The van der Waals surface area contributed by atoms with E-state index >= 15 is 0 Å². The maximum atomic E-state index is 12.0. The Morgan fingerprint density at radius 2 is 1.95 bits per heavy atom. The predicted octanol–water partition coefficient (Wildman–Crippen LogP) is 1.59. The lowest BCUT2D eigenvalue weighted by atomic mass is 9.92. The summed E-state index contributed by atoms with van der Waals surface area (Å²) in [6, 6.07) is 1.48. The van der Waals surface area contributed by atoms with Crippen molar-refractivity contribution in [2.45, 2.75) is 25.7 Å². The van der Waals surface area contributed by atoms with Crippen LogP contribution in [0.4, 0.5) is 10.7 Å². The van der Waals surface area contributed by atoms with Crippen LogP contribution in [0.3, 0.4) is 0 Å². The fourth-order valence-electron chi connectivity index (χ4n) is 2.29. The van der Waals surface area contributed by atoms with Gasteiger partial charge in [0.1, 0.15) is 0 Å². The molecule has 0 spiro atoms. The van der Waals surface area contributed by atoms with E-state index in [4.69, 9.17) is 5.11 Å². The zero-order chi connectivity index (χ0) is 14.4. The van der Waals surface area contributed by atoms with E-state index in [1.807, 2.05) is 0 Å². The SMILES string of the molecule is O=C(O)CCC1CCN(C(=O)Nc2ncccn2)CC1. The smallest absolute Gasteiger partial charge is 0.324 e. The summed E-state index contributed by atoms with van der Waals surface area (Å²) in [6.07, 6.45) is 5.72. The number of nitrogens with one attached hydrogen (secondary N) is 1. The number of nitrogens with zero attached hydrogens (tertiary/aromatic N) is 3. The first-order valence-corrected chi connectivity index (χ1v) is 6.70. The van der Waals surface area contributed by atoms with Crippen molar-refractivity contribution in [3.05, 3.63) is 18.5 Å². The molecule has 1 saturated heterocycles. The number of likely N-dealkylation sites (tertiary alicyclic amines) is 1. The van der Waals surface area contributed by atoms with Crippen molar-refractivity contribution >= 4 is 17.9 Å². The number of carboxylic acid groups (broad SMARTS) is 1. The highest BCUT2D eigenvalue weighted by Gasteiger charge is 2.23. The van der Waals surface area contributed by atoms with Crippen molar-refractivity contribution in [2.75, 3.05) is 18.4 Å². The molecule has 108 valence electrons. The standard InChI is InChI=1S/C13H18N4O3/c18-11(19)3-2-10-4-8-17(9-5-10)13(20)16-12-14-6-1-7-15-12/h1,6-7,10H,2-5,8-9H2,(H,18,19)(H,14,15,16,20). The molecule has 0 atom stereocenters. The number of urea groups is 1. The van der Waals surface area contributed by atoms with Gasteiger partial charge in [0.2, 0.25) is 5.95 Å². The van der Waals surface area contributed by atoms with E-state index in [9.17, 15) is 9.59 Å². The van der Waals surface area contributed by atoms with Crippen LogP contribution < -0.4 is 5.32 Å². The monoisotopic (exact) mass is 278 g/mol. The number of aromatic nitrogens is 2. The minimum absolute atomic E-state index is 0.201. The van der Waals surface area contributed by atoms with Gasteiger partial charge in [-0.15, -0.1) is 0 Å². The maximum absolute atomic E-state index is 12.0. The largest absolute Gasteiger partial charge is 0.481 e. The Morgan fingerprint density at radius 3 is 2.55 bits per heavy atom. The fraction of sp³-hybridized carbons (Fsp3) is 0.538. The number of piperidine rings is 1. The molecule has 7 heteroatoms. The number of hydrogen-bond acceptors (Lipinski definition) is 4. The number of carboxylic acids is 1. The van der Waals surface area contributed by atoms with Gasteiger partial charge in [0, 0.05) is 31.9 Å². The van der Waals surface area contributed by atoms with Gasteiger partial charge < -0.3 is 10.0 Å². The summed E-state index contributed by atoms with van der Waals surface area (Å²) >= 11 is 0. The third-order valence-electron chi connectivity index (χ3n) is 3.45. The van der Waals surface area contributed by atoms with Crippen LogP contribution in [0.15, 0.2) is 18.5 Å². The topological polar surface area (TPSA) is 95.4 Å². The van der Waals surface area contributed by atoms with Gasteiger partial charge in [-0.25, -0.2) is 14.8 Å². The Bertz CT molecular complexity index is 458. The molecule has 2 amide bonds. The van der Waals surface area contributed by atoms with Crippen LogP contribution >= 0.6 is 0 Å². The number of rotatable bonds is 4. The summed E-state index contributed by atoms with van der Waals surface area (Å²) in [5, 5.41) is 11.3. The zero-order valence-corrected chi connectivity index (χ0v) is 11.2. The van der Waals surface area contributed by atoms with E-state index in [2.05, 4.69) is 15.3 Å². The number of carbonyl (C=O) groups excluding carboxylic acids is 1. The average molecular weight is 278 g/mol. The lowest BCUT2D eigenvalue weighted by Gasteiger charge is -2.31. The number of hydrogen-bond donors (Lipinski definition) is 2. The normalized spacial score (nSPS) is 15.9. The Kier molecular flexibility index (Phi) is 4.86. The number of aliphatic carboxylic acids is 1. The highest BCUT2D eigenvalue weighted by atomic mass is 16.4. The van der Waals surface area contributed by atoms with Crippen LogP contribution in [0.1, 0.15) is 25.7 Å². The van der Waals surface area contributed by atoms with Crippen molar-refractivity contribution in [2.24, 2.45) is 5.92 Å². The summed E-state index contributed by atoms with van der Waals surface area (Å²) in [5.41, 5.74) is 0. The Morgan fingerprint density at radius 1 is 1.30 bits per heavy atom. The summed E-state index contributed by atoms with van der Waals surface area (Å²) in [4.78, 5) is 32.1. The summed E-state index contributed by atoms with van der Waals surface area (Å²) in [5.74, 6) is -0.0694. The maximum Gasteiger partial charge on any atom is 0.324 e. The molecule has 7 nitrogen and oxygen atoms in total. The second-order valence-corrected chi connectivity index (χ2v) is 4.87. The molecule has 0 unspecified atom stereocenters. The van der Waals surface area contributed by atoms with E-state index < -0.39 is 5.97 Å². The molecule has 1 aromatic rings. The van der Waals surface area contributed by atoms with Crippen LogP contribution in [0, 0.1) is 5.92 Å². The third-order valence-corrected chi connectivity index (χ3v) is 3.45. The molecule has 0 bridgehead atoms. The van der Waals surface area contributed by atoms with Crippen molar-refractivity contribution in [3.63, 3.8) is 0 Å². The van der Waals surface area contributed by atoms with Crippen LogP contribution in [0.25, 0.3) is 0 Å². The quantitative estimate of drug-likeness (QED) is 0.871. The molecule has 1 aliphatic heterocycles. The minimum Gasteiger partial charge on any atom is -0.481 e. The van der Waals surface area contributed by atoms with Crippen molar-refractivity contribution in [1.29, 1.82) is 0 Å². The molecule has 2 N–H and O–H groups in total. The molecule has 2 rings (SSSR count). The van der Waals surface area contributed by atoms with Gasteiger partial charge in [-0.1, -0.05) is 0 Å². The van der Waals surface area contributed by atoms with Gasteiger partial charge in [-0.05, 0) is 31.2 Å². The molecule has 1 fully saturated rings. The zero-order valence-electron chi connectivity index (χ0n) is 11.2.